The Balaban J connectivity index is 1.25. The molecule has 2 aromatic carbocycles. The van der Waals surface area contributed by atoms with Gasteiger partial charge in [-0.25, -0.2) is 4.79 Å². The fraction of sp³-hybridized carbons (Fsp3) is 0.423. The van der Waals surface area contributed by atoms with Crippen LogP contribution >= 0.6 is 0 Å². The van der Waals surface area contributed by atoms with Crippen molar-refractivity contribution in [1.82, 2.24) is 10.2 Å². The molecule has 0 spiro atoms. The van der Waals surface area contributed by atoms with Crippen molar-refractivity contribution in [2.45, 2.75) is 44.6 Å². The summed E-state index contributed by atoms with van der Waals surface area (Å²) in [7, 11) is 0. The first kappa shape index (κ1) is 22.8. The molecule has 1 aliphatic carbocycles. The smallest absolute Gasteiger partial charge is 0.407 e. The van der Waals surface area contributed by atoms with Crippen LogP contribution in [0.5, 0.6) is 0 Å². The van der Waals surface area contributed by atoms with Gasteiger partial charge in [0.1, 0.15) is 6.61 Å². The van der Waals surface area contributed by atoms with Crippen molar-refractivity contribution in [3.63, 3.8) is 0 Å². The maximum atomic E-state index is 12.6. The van der Waals surface area contributed by atoms with E-state index in [4.69, 9.17) is 9.84 Å². The number of ether oxygens (including phenoxy) is 1. The highest BCUT2D eigenvalue weighted by molar-refractivity contribution is 5.79. The first-order chi connectivity index (χ1) is 15.9. The van der Waals surface area contributed by atoms with Crippen LogP contribution in [0.4, 0.5) is 4.79 Å². The van der Waals surface area contributed by atoms with Gasteiger partial charge in [0.15, 0.2) is 0 Å². The van der Waals surface area contributed by atoms with Gasteiger partial charge in [-0.3, -0.25) is 9.59 Å². The topological polar surface area (TPSA) is 95.9 Å². The molecule has 7 heteroatoms. The van der Waals surface area contributed by atoms with E-state index < -0.39 is 12.1 Å². The molecule has 0 aromatic heterocycles. The predicted molar refractivity (Wildman–Crippen MR) is 124 cm³/mol. The van der Waals surface area contributed by atoms with Crippen LogP contribution in [0.1, 0.15) is 49.7 Å². The second-order valence-electron chi connectivity index (χ2n) is 9.00. The fourth-order valence-corrected chi connectivity index (χ4v) is 4.91. The molecule has 2 N–H and O–H groups in total. The molecule has 1 unspecified atom stereocenters. The highest BCUT2D eigenvalue weighted by Crippen LogP contribution is 2.44. The normalized spacial score (nSPS) is 17.8. The van der Waals surface area contributed by atoms with Crippen molar-refractivity contribution in [1.29, 1.82) is 0 Å². The molecule has 0 radical (unpaired) electrons. The lowest BCUT2D eigenvalue weighted by Gasteiger charge is -2.20. The maximum Gasteiger partial charge on any atom is 0.407 e. The number of nitrogens with zero attached hydrogens (tertiary/aromatic N) is 1. The van der Waals surface area contributed by atoms with Crippen molar-refractivity contribution < 1.29 is 24.2 Å². The minimum absolute atomic E-state index is 0.00702. The molecule has 1 aliphatic heterocycles. The average molecular weight is 451 g/mol. The number of carbonyl (C=O) groups is 3. The number of benzene rings is 2. The van der Waals surface area contributed by atoms with Gasteiger partial charge in [-0.15, -0.1) is 0 Å². The summed E-state index contributed by atoms with van der Waals surface area (Å²) in [5.41, 5.74) is 4.66. The number of likely N-dealkylation sites (tertiary alicyclic amines) is 1. The van der Waals surface area contributed by atoms with E-state index in [-0.39, 0.29) is 43.2 Å². The van der Waals surface area contributed by atoms with Crippen molar-refractivity contribution in [3.05, 3.63) is 59.7 Å². The Morgan fingerprint density at radius 1 is 1.09 bits per heavy atom. The summed E-state index contributed by atoms with van der Waals surface area (Å²) >= 11 is 0. The fourth-order valence-electron chi connectivity index (χ4n) is 4.91. The average Bonchev–Trinajstić information content (AvgIpc) is 3.39. The standard InChI is InChI=1S/C26H30N2O5/c1-17(14-24(29)28-13-12-18(15-28)10-11-25(30)31)27-26(32)33-16-23-21-8-4-2-6-19(21)20-7-3-5-9-22(20)23/h2-9,17-18,23H,10-16H2,1H3,(H,27,32)(H,30,31)/t17-,18?/m0/s1. The van der Waals surface area contributed by atoms with E-state index in [9.17, 15) is 14.4 Å². The van der Waals surface area contributed by atoms with Gasteiger partial charge in [-0.05, 0) is 47.9 Å². The number of rotatable bonds is 8. The van der Waals surface area contributed by atoms with Crippen LogP contribution in [0.25, 0.3) is 11.1 Å². The summed E-state index contributed by atoms with van der Waals surface area (Å²) in [6.07, 6.45) is 1.21. The monoisotopic (exact) mass is 450 g/mol. The van der Waals surface area contributed by atoms with Gasteiger partial charge >= 0.3 is 12.1 Å². The van der Waals surface area contributed by atoms with Gasteiger partial charge in [-0.1, -0.05) is 48.5 Å². The molecule has 2 aliphatic rings. The van der Waals surface area contributed by atoms with Crippen LogP contribution in [0.2, 0.25) is 0 Å². The summed E-state index contributed by atoms with van der Waals surface area (Å²) in [4.78, 5) is 37.5. The Bertz CT molecular complexity index is 991. The highest BCUT2D eigenvalue weighted by Gasteiger charge is 2.30. The number of fused-ring (bicyclic) bond motifs is 3. The van der Waals surface area contributed by atoms with E-state index in [0.717, 1.165) is 17.5 Å². The second kappa shape index (κ2) is 10.1. The second-order valence-corrected chi connectivity index (χ2v) is 9.00. The summed E-state index contributed by atoms with van der Waals surface area (Å²) in [6.45, 7) is 3.25. The zero-order valence-electron chi connectivity index (χ0n) is 18.8. The quantitative estimate of drug-likeness (QED) is 0.633. The molecule has 2 aromatic rings. The molecular weight excluding hydrogens is 420 g/mol. The third-order valence-electron chi connectivity index (χ3n) is 6.59. The van der Waals surface area contributed by atoms with E-state index >= 15 is 0 Å². The molecule has 174 valence electrons. The van der Waals surface area contributed by atoms with Crippen molar-refractivity contribution in [2.24, 2.45) is 5.92 Å². The maximum absolute atomic E-state index is 12.6. The molecule has 1 fully saturated rings. The molecule has 0 bridgehead atoms. The first-order valence-corrected chi connectivity index (χ1v) is 11.5. The third-order valence-corrected chi connectivity index (χ3v) is 6.59. The lowest BCUT2D eigenvalue weighted by molar-refractivity contribution is -0.137. The van der Waals surface area contributed by atoms with Gasteiger partial charge in [0.05, 0.1) is 0 Å². The number of hydrogen-bond acceptors (Lipinski definition) is 4. The lowest BCUT2D eigenvalue weighted by Crippen LogP contribution is -2.39. The molecule has 1 heterocycles. The zero-order chi connectivity index (χ0) is 23.4. The Morgan fingerprint density at radius 2 is 1.73 bits per heavy atom. The Labute approximate surface area is 193 Å². The van der Waals surface area contributed by atoms with E-state index in [1.54, 1.807) is 11.8 Å². The number of amides is 2. The minimum Gasteiger partial charge on any atom is -0.481 e. The summed E-state index contributed by atoms with van der Waals surface area (Å²) in [5, 5.41) is 11.6. The Morgan fingerprint density at radius 3 is 2.36 bits per heavy atom. The van der Waals surface area contributed by atoms with Crippen LogP contribution in [-0.2, 0) is 14.3 Å². The van der Waals surface area contributed by atoms with Crippen LogP contribution in [-0.4, -0.2) is 53.7 Å². The van der Waals surface area contributed by atoms with Crippen LogP contribution in [0.15, 0.2) is 48.5 Å². The number of aliphatic carboxylic acids is 1. The number of carboxylic acid groups (broad SMARTS) is 1. The van der Waals surface area contributed by atoms with Crippen LogP contribution in [0, 0.1) is 5.92 Å². The molecule has 2 atom stereocenters. The molecule has 7 nitrogen and oxygen atoms in total. The minimum atomic E-state index is -0.805. The van der Waals surface area contributed by atoms with E-state index in [0.29, 0.717) is 19.5 Å². The molecule has 0 saturated carbocycles. The number of hydrogen-bond donors (Lipinski definition) is 2. The van der Waals surface area contributed by atoms with Gasteiger partial charge in [-0.2, -0.15) is 0 Å². The molecule has 33 heavy (non-hydrogen) atoms. The summed E-state index contributed by atoms with van der Waals surface area (Å²) in [5.74, 6) is -0.608. The van der Waals surface area contributed by atoms with E-state index in [1.165, 1.54) is 11.1 Å². The lowest BCUT2D eigenvalue weighted by atomic mass is 9.98. The highest BCUT2D eigenvalue weighted by atomic mass is 16.5. The summed E-state index contributed by atoms with van der Waals surface area (Å²) in [6, 6.07) is 16.0. The third kappa shape index (κ3) is 5.35. The van der Waals surface area contributed by atoms with Gasteiger partial charge < -0.3 is 20.1 Å². The number of alkyl carbamates (subject to hydrolysis) is 1. The van der Waals surface area contributed by atoms with E-state index in [1.807, 2.05) is 24.3 Å². The van der Waals surface area contributed by atoms with Gasteiger partial charge in [0, 0.05) is 37.9 Å². The summed E-state index contributed by atoms with van der Waals surface area (Å²) < 4.78 is 5.56. The number of nitrogens with one attached hydrogen (secondary N) is 1. The van der Waals surface area contributed by atoms with E-state index in [2.05, 4.69) is 29.6 Å². The SMILES string of the molecule is C[C@@H](CC(=O)N1CCC(CCC(=O)O)C1)NC(=O)OCC1c2ccccc2-c2ccccc21. The first-order valence-electron chi connectivity index (χ1n) is 11.5. The molecular formula is C26H30N2O5. The van der Waals surface area contributed by atoms with Crippen molar-refractivity contribution >= 4 is 18.0 Å². The number of carboxylic acids is 1. The van der Waals surface area contributed by atoms with Crippen molar-refractivity contribution in [3.8, 4) is 11.1 Å². The van der Waals surface area contributed by atoms with Crippen molar-refractivity contribution in [2.75, 3.05) is 19.7 Å². The predicted octanol–water partition coefficient (Wildman–Crippen LogP) is 4.02. The Kier molecular flexibility index (Phi) is 6.96. The zero-order valence-corrected chi connectivity index (χ0v) is 18.8. The molecule has 1 saturated heterocycles. The largest absolute Gasteiger partial charge is 0.481 e. The van der Waals surface area contributed by atoms with Crippen LogP contribution in [0.3, 0.4) is 0 Å². The Hall–Kier alpha value is -3.35. The van der Waals surface area contributed by atoms with Gasteiger partial charge in [0.25, 0.3) is 0 Å². The van der Waals surface area contributed by atoms with Crippen LogP contribution < -0.4 is 5.32 Å². The number of carbonyl (C=O) groups excluding carboxylic acids is 2. The van der Waals surface area contributed by atoms with Gasteiger partial charge in [0.2, 0.25) is 5.91 Å². The molecule has 4 rings (SSSR count). The molecule has 2 amide bonds.